The first-order valence-corrected chi connectivity index (χ1v) is 11.4. The van der Waals surface area contributed by atoms with Gasteiger partial charge in [-0.15, -0.1) is 10.2 Å². The van der Waals surface area contributed by atoms with Crippen LogP contribution >= 0.6 is 11.6 Å². The molecule has 2 aromatic carbocycles. The fraction of sp³-hybridized carbons (Fsp3) is 0.200. The molecule has 0 bridgehead atoms. The summed E-state index contributed by atoms with van der Waals surface area (Å²) in [6, 6.07) is 19.9. The second-order valence-electron chi connectivity index (χ2n) is 8.24. The molecule has 1 aliphatic heterocycles. The average Bonchev–Trinajstić information content (AvgIpc) is 3.31. The Kier molecular flexibility index (Phi) is 5.13. The predicted octanol–water partition coefficient (Wildman–Crippen LogP) is 4.32. The summed E-state index contributed by atoms with van der Waals surface area (Å²) in [5.41, 5.74) is 3.94. The lowest BCUT2D eigenvalue weighted by atomic mass is 10.2. The second-order valence-corrected chi connectivity index (χ2v) is 8.68. The first-order valence-electron chi connectivity index (χ1n) is 11.0. The molecular weight excluding hydrogens is 434 g/mol. The fourth-order valence-electron chi connectivity index (χ4n) is 4.42. The van der Waals surface area contributed by atoms with Gasteiger partial charge < -0.3 is 4.90 Å². The number of hydrogen-bond donors (Lipinski definition) is 0. The molecule has 0 atom stereocenters. The zero-order chi connectivity index (χ0) is 22.2. The quantitative estimate of drug-likeness (QED) is 0.402. The molecule has 6 rings (SSSR count). The Labute approximate surface area is 196 Å². The Balaban J connectivity index is 1.38. The van der Waals surface area contributed by atoms with E-state index in [1.807, 2.05) is 67.0 Å². The topological polar surface area (TPSA) is 62.5 Å². The predicted molar refractivity (Wildman–Crippen MR) is 130 cm³/mol. The zero-order valence-corrected chi connectivity index (χ0v) is 18.7. The number of halogens is 1. The maximum absolute atomic E-state index is 6.12. The number of nitrogens with zero attached hydrogens (tertiary/aromatic N) is 7. The van der Waals surface area contributed by atoms with Crippen molar-refractivity contribution in [1.29, 1.82) is 0 Å². The Morgan fingerprint density at radius 2 is 1.67 bits per heavy atom. The summed E-state index contributed by atoms with van der Waals surface area (Å²) < 4.78 is 2.09. The Hall–Kier alpha value is -3.55. The Bertz CT molecular complexity index is 1410. The van der Waals surface area contributed by atoms with E-state index >= 15 is 0 Å². The number of pyridine rings is 1. The lowest BCUT2D eigenvalue weighted by Gasteiger charge is -2.35. The van der Waals surface area contributed by atoms with E-state index < -0.39 is 0 Å². The summed E-state index contributed by atoms with van der Waals surface area (Å²) in [6.07, 6.45) is 3.76. The van der Waals surface area contributed by atoms with Gasteiger partial charge in [0.05, 0.1) is 5.52 Å². The molecule has 0 N–H and O–H groups in total. The summed E-state index contributed by atoms with van der Waals surface area (Å²) in [7, 11) is 0. The van der Waals surface area contributed by atoms with Crippen LogP contribution in [-0.2, 0) is 6.54 Å². The molecular formula is C25H22ClN7. The van der Waals surface area contributed by atoms with Gasteiger partial charge in [0.15, 0.2) is 11.5 Å². The van der Waals surface area contributed by atoms with Crippen molar-refractivity contribution < 1.29 is 0 Å². The van der Waals surface area contributed by atoms with Crippen LogP contribution in [0.15, 0.2) is 73.1 Å². The molecule has 1 fully saturated rings. The molecule has 4 heterocycles. The second kappa shape index (κ2) is 8.42. The number of piperazine rings is 1. The lowest BCUT2D eigenvalue weighted by Crippen LogP contribution is -2.46. The van der Waals surface area contributed by atoms with E-state index in [-0.39, 0.29) is 0 Å². The third-order valence-electron chi connectivity index (χ3n) is 6.11. The molecule has 0 aliphatic carbocycles. The third-order valence-corrected chi connectivity index (χ3v) is 6.37. The van der Waals surface area contributed by atoms with Crippen molar-refractivity contribution in [2.45, 2.75) is 6.54 Å². The molecule has 3 aromatic heterocycles. The molecule has 0 spiro atoms. The number of para-hydroxylation sites is 1. The lowest BCUT2D eigenvalue weighted by molar-refractivity contribution is 0.248. The highest BCUT2D eigenvalue weighted by Crippen LogP contribution is 2.29. The van der Waals surface area contributed by atoms with Gasteiger partial charge in [0, 0.05) is 61.1 Å². The standard InChI is InChI=1S/C25H22ClN7/c26-20-9-7-19(8-10-20)23-29-30-24-21-5-1-2-6-22(21)28-25(33(23)24)32-14-12-31(13-15-32)17-18-4-3-11-27-16-18/h1-11,16H,12-15,17H2. The van der Waals surface area contributed by atoms with Crippen LogP contribution in [0.2, 0.25) is 5.02 Å². The van der Waals surface area contributed by atoms with Gasteiger partial charge in [-0.25, -0.2) is 9.38 Å². The van der Waals surface area contributed by atoms with Gasteiger partial charge in [-0.05, 0) is 48.0 Å². The van der Waals surface area contributed by atoms with Crippen LogP contribution in [0.4, 0.5) is 5.95 Å². The number of benzene rings is 2. The summed E-state index contributed by atoms with van der Waals surface area (Å²) >= 11 is 6.12. The van der Waals surface area contributed by atoms with Gasteiger partial charge >= 0.3 is 0 Å². The number of hydrogen-bond acceptors (Lipinski definition) is 6. The monoisotopic (exact) mass is 455 g/mol. The zero-order valence-electron chi connectivity index (χ0n) is 18.0. The number of fused-ring (bicyclic) bond motifs is 3. The molecule has 7 nitrogen and oxygen atoms in total. The molecule has 5 aromatic rings. The fourth-order valence-corrected chi connectivity index (χ4v) is 4.55. The van der Waals surface area contributed by atoms with Crippen molar-refractivity contribution in [2.24, 2.45) is 0 Å². The smallest absolute Gasteiger partial charge is 0.213 e. The van der Waals surface area contributed by atoms with E-state index in [0.29, 0.717) is 5.02 Å². The van der Waals surface area contributed by atoms with E-state index in [0.717, 1.165) is 66.6 Å². The first kappa shape index (κ1) is 20.1. The van der Waals surface area contributed by atoms with Crippen molar-refractivity contribution in [3.8, 4) is 11.4 Å². The third kappa shape index (κ3) is 3.79. The van der Waals surface area contributed by atoms with Crippen LogP contribution < -0.4 is 4.90 Å². The van der Waals surface area contributed by atoms with Crippen LogP contribution in [-0.4, -0.2) is 55.6 Å². The van der Waals surface area contributed by atoms with E-state index in [9.17, 15) is 0 Å². The molecule has 0 amide bonds. The largest absolute Gasteiger partial charge is 0.339 e. The van der Waals surface area contributed by atoms with E-state index in [1.54, 1.807) is 0 Å². The number of anilines is 1. The molecule has 8 heteroatoms. The Morgan fingerprint density at radius 1 is 0.848 bits per heavy atom. The molecule has 0 radical (unpaired) electrons. The van der Waals surface area contributed by atoms with Crippen molar-refractivity contribution in [1.82, 2.24) is 29.5 Å². The summed E-state index contributed by atoms with van der Waals surface area (Å²) in [5.74, 6) is 1.65. The van der Waals surface area contributed by atoms with Gasteiger partial charge in [-0.1, -0.05) is 29.8 Å². The van der Waals surface area contributed by atoms with E-state index in [2.05, 4.69) is 35.4 Å². The van der Waals surface area contributed by atoms with Crippen molar-refractivity contribution in [2.75, 3.05) is 31.1 Å². The highest BCUT2D eigenvalue weighted by Gasteiger charge is 2.24. The SMILES string of the molecule is Clc1ccc(-c2nnc3c4ccccc4nc(N4CCN(Cc5cccnc5)CC4)n23)cc1. The minimum Gasteiger partial charge on any atom is -0.339 e. The molecule has 164 valence electrons. The molecule has 1 aliphatic rings. The normalized spacial score (nSPS) is 14.9. The van der Waals surface area contributed by atoms with Crippen LogP contribution in [0, 0.1) is 0 Å². The van der Waals surface area contributed by atoms with Crippen LogP contribution in [0.25, 0.3) is 27.9 Å². The first-order chi connectivity index (χ1) is 16.3. The van der Waals surface area contributed by atoms with Crippen molar-refractivity contribution in [3.05, 3.63) is 83.6 Å². The summed E-state index contributed by atoms with van der Waals surface area (Å²) in [6.45, 7) is 4.55. The minimum absolute atomic E-state index is 0.695. The summed E-state index contributed by atoms with van der Waals surface area (Å²) in [4.78, 5) is 14.1. The summed E-state index contributed by atoms with van der Waals surface area (Å²) in [5, 5.41) is 10.8. The maximum Gasteiger partial charge on any atom is 0.213 e. The van der Waals surface area contributed by atoms with Gasteiger partial charge in [0.25, 0.3) is 0 Å². The minimum atomic E-state index is 0.695. The van der Waals surface area contributed by atoms with Crippen LogP contribution in [0.1, 0.15) is 5.56 Å². The average molecular weight is 456 g/mol. The van der Waals surface area contributed by atoms with E-state index in [4.69, 9.17) is 16.6 Å². The van der Waals surface area contributed by atoms with Crippen molar-refractivity contribution >= 4 is 34.1 Å². The van der Waals surface area contributed by atoms with Gasteiger partial charge in [0.2, 0.25) is 5.95 Å². The van der Waals surface area contributed by atoms with Gasteiger partial charge in [-0.3, -0.25) is 9.88 Å². The molecule has 33 heavy (non-hydrogen) atoms. The molecule has 0 saturated carbocycles. The highest BCUT2D eigenvalue weighted by atomic mass is 35.5. The highest BCUT2D eigenvalue weighted by molar-refractivity contribution is 6.30. The van der Waals surface area contributed by atoms with Crippen LogP contribution in [0.5, 0.6) is 0 Å². The maximum atomic E-state index is 6.12. The molecule has 0 unspecified atom stereocenters. The van der Waals surface area contributed by atoms with Gasteiger partial charge in [0.1, 0.15) is 0 Å². The van der Waals surface area contributed by atoms with E-state index in [1.165, 1.54) is 5.56 Å². The van der Waals surface area contributed by atoms with Gasteiger partial charge in [-0.2, -0.15) is 0 Å². The van der Waals surface area contributed by atoms with Crippen LogP contribution in [0.3, 0.4) is 0 Å². The number of rotatable bonds is 4. The Morgan fingerprint density at radius 3 is 2.45 bits per heavy atom. The molecule has 1 saturated heterocycles. The number of aromatic nitrogens is 5. The van der Waals surface area contributed by atoms with Crippen molar-refractivity contribution in [3.63, 3.8) is 0 Å².